The van der Waals surface area contributed by atoms with E-state index in [0.717, 1.165) is 31.1 Å². The SMILES string of the molecule is COCCOCCCCn1ccnc1SCC(=O)O. The van der Waals surface area contributed by atoms with Crippen molar-refractivity contribution < 1.29 is 19.4 Å². The molecule has 0 amide bonds. The minimum Gasteiger partial charge on any atom is -0.481 e. The minimum atomic E-state index is -0.828. The summed E-state index contributed by atoms with van der Waals surface area (Å²) in [4.78, 5) is 14.6. The van der Waals surface area contributed by atoms with Crippen LogP contribution >= 0.6 is 11.8 Å². The number of aromatic nitrogens is 2. The zero-order chi connectivity index (χ0) is 13.9. The van der Waals surface area contributed by atoms with Crippen LogP contribution in [0.4, 0.5) is 0 Å². The van der Waals surface area contributed by atoms with Crippen molar-refractivity contribution >= 4 is 17.7 Å². The first-order valence-electron chi connectivity index (χ1n) is 6.16. The van der Waals surface area contributed by atoms with E-state index in [-0.39, 0.29) is 5.75 Å². The van der Waals surface area contributed by atoms with Crippen LogP contribution in [0.25, 0.3) is 0 Å². The van der Waals surface area contributed by atoms with Crippen LogP contribution in [0, 0.1) is 0 Å². The van der Waals surface area contributed by atoms with E-state index in [1.807, 2.05) is 10.8 Å². The van der Waals surface area contributed by atoms with Crippen molar-refractivity contribution in [2.24, 2.45) is 0 Å². The predicted molar refractivity (Wildman–Crippen MR) is 72.5 cm³/mol. The topological polar surface area (TPSA) is 73.6 Å². The first-order chi connectivity index (χ1) is 9.24. The van der Waals surface area contributed by atoms with Crippen LogP contribution < -0.4 is 0 Å². The van der Waals surface area contributed by atoms with Crippen molar-refractivity contribution in [3.63, 3.8) is 0 Å². The van der Waals surface area contributed by atoms with Gasteiger partial charge in [-0.3, -0.25) is 4.79 Å². The quantitative estimate of drug-likeness (QED) is 0.491. The zero-order valence-electron chi connectivity index (χ0n) is 11.1. The van der Waals surface area contributed by atoms with Gasteiger partial charge in [-0.2, -0.15) is 0 Å². The summed E-state index contributed by atoms with van der Waals surface area (Å²) in [6.45, 7) is 2.80. The number of ether oxygens (including phenoxy) is 2. The van der Waals surface area contributed by atoms with Crippen LogP contribution in [0.2, 0.25) is 0 Å². The van der Waals surface area contributed by atoms with Crippen molar-refractivity contribution in [1.29, 1.82) is 0 Å². The monoisotopic (exact) mass is 288 g/mol. The van der Waals surface area contributed by atoms with Gasteiger partial charge in [0.2, 0.25) is 0 Å². The molecule has 1 aromatic rings. The Bertz CT molecular complexity index is 370. The highest BCUT2D eigenvalue weighted by Gasteiger charge is 2.06. The standard InChI is InChI=1S/C12H20N2O4S/c1-17-8-9-18-7-3-2-5-14-6-4-13-12(14)19-10-11(15)16/h4,6H,2-3,5,7-10H2,1H3,(H,15,16). The number of methoxy groups -OCH3 is 1. The summed E-state index contributed by atoms with van der Waals surface area (Å²) < 4.78 is 12.2. The Labute approximate surface area is 117 Å². The molecular weight excluding hydrogens is 268 g/mol. The summed E-state index contributed by atoms with van der Waals surface area (Å²) in [5.41, 5.74) is 0. The Morgan fingerprint density at radius 2 is 2.26 bits per heavy atom. The molecule has 0 saturated carbocycles. The minimum absolute atomic E-state index is 0.0388. The number of aliphatic carboxylic acids is 1. The lowest BCUT2D eigenvalue weighted by molar-refractivity contribution is -0.133. The summed E-state index contributed by atoms with van der Waals surface area (Å²) >= 11 is 1.24. The third-order valence-electron chi connectivity index (χ3n) is 2.37. The van der Waals surface area contributed by atoms with E-state index < -0.39 is 5.97 Å². The van der Waals surface area contributed by atoms with E-state index in [2.05, 4.69) is 4.98 Å². The van der Waals surface area contributed by atoms with Gasteiger partial charge in [-0.15, -0.1) is 0 Å². The van der Waals surface area contributed by atoms with E-state index in [1.165, 1.54) is 11.8 Å². The molecular formula is C12H20N2O4S. The van der Waals surface area contributed by atoms with Crippen LogP contribution in [0.5, 0.6) is 0 Å². The molecule has 0 saturated heterocycles. The number of unbranched alkanes of at least 4 members (excludes halogenated alkanes) is 1. The van der Waals surface area contributed by atoms with Gasteiger partial charge in [-0.1, -0.05) is 11.8 Å². The lowest BCUT2D eigenvalue weighted by Crippen LogP contribution is -2.05. The fourth-order valence-electron chi connectivity index (χ4n) is 1.46. The number of hydrogen-bond donors (Lipinski definition) is 1. The van der Waals surface area contributed by atoms with Crippen molar-refractivity contribution in [3.05, 3.63) is 12.4 Å². The van der Waals surface area contributed by atoms with Crippen LogP contribution in [-0.4, -0.2) is 53.3 Å². The first-order valence-corrected chi connectivity index (χ1v) is 7.15. The predicted octanol–water partition coefficient (Wildman–Crippen LogP) is 1.50. The molecule has 19 heavy (non-hydrogen) atoms. The number of nitrogens with zero attached hydrogens (tertiary/aromatic N) is 2. The van der Waals surface area contributed by atoms with Gasteiger partial charge >= 0.3 is 5.97 Å². The Morgan fingerprint density at radius 1 is 1.42 bits per heavy atom. The molecule has 0 unspecified atom stereocenters. The molecule has 1 aromatic heterocycles. The molecule has 0 aliphatic rings. The number of hydrogen-bond acceptors (Lipinski definition) is 5. The van der Waals surface area contributed by atoms with Gasteiger partial charge < -0.3 is 19.1 Å². The number of rotatable bonds is 11. The van der Waals surface area contributed by atoms with Crippen LogP contribution in [-0.2, 0) is 20.8 Å². The van der Waals surface area contributed by atoms with Gasteiger partial charge in [0.1, 0.15) is 0 Å². The van der Waals surface area contributed by atoms with E-state index in [0.29, 0.717) is 13.2 Å². The molecule has 7 heteroatoms. The van der Waals surface area contributed by atoms with Gasteiger partial charge in [0, 0.05) is 32.7 Å². The molecule has 0 radical (unpaired) electrons. The molecule has 0 fully saturated rings. The lowest BCUT2D eigenvalue weighted by Gasteiger charge is -2.07. The zero-order valence-corrected chi connectivity index (χ0v) is 11.9. The highest BCUT2D eigenvalue weighted by molar-refractivity contribution is 7.99. The van der Waals surface area contributed by atoms with E-state index in [9.17, 15) is 4.79 Å². The van der Waals surface area contributed by atoms with Gasteiger partial charge in [0.15, 0.2) is 5.16 Å². The maximum absolute atomic E-state index is 10.5. The van der Waals surface area contributed by atoms with Gasteiger partial charge in [0.05, 0.1) is 19.0 Å². The number of carbonyl (C=O) groups is 1. The molecule has 6 nitrogen and oxygen atoms in total. The average Bonchev–Trinajstić information content (AvgIpc) is 2.83. The van der Waals surface area contributed by atoms with Crippen LogP contribution in [0.3, 0.4) is 0 Å². The summed E-state index contributed by atoms with van der Waals surface area (Å²) in [6, 6.07) is 0. The van der Waals surface area contributed by atoms with Crippen molar-refractivity contribution in [3.8, 4) is 0 Å². The molecule has 108 valence electrons. The third kappa shape index (κ3) is 7.19. The summed E-state index contributed by atoms with van der Waals surface area (Å²) in [6.07, 6.45) is 5.50. The molecule has 1 heterocycles. The third-order valence-corrected chi connectivity index (χ3v) is 3.36. The Kier molecular flexibility index (Phi) is 8.28. The smallest absolute Gasteiger partial charge is 0.313 e. The highest BCUT2D eigenvalue weighted by atomic mass is 32.2. The van der Waals surface area contributed by atoms with Crippen LogP contribution in [0.15, 0.2) is 17.6 Å². The van der Waals surface area contributed by atoms with E-state index in [1.54, 1.807) is 13.3 Å². The molecule has 0 aliphatic heterocycles. The second-order valence-electron chi connectivity index (χ2n) is 3.90. The molecule has 0 aromatic carbocycles. The number of imidazole rings is 1. The molecule has 0 aliphatic carbocycles. The number of aryl methyl sites for hydroxylation is 1. The fraction of sp³-hybridized carbons (Fsp3) is 0.667. The first kappa shape index (κ1) is 16.0. The van der Waals surface area contributed by atoms with Crippen molar-refractivity contribution in [2.75, 3.05) is 32.7 Å². The summed E-state index contributed by atoms with van der Waals surface area (Å²) in [5, 5.41) is 9.39. The van der Waals surface area contributed by atoms with E-state index >= 15 is 0 Å². The Balaban J connectivity index is 2.15. The fourth-order valence-corrected chi connectivity index (χ4v) is 2.17. The maximum Gasteiger partial charge on any atom is 0.313 e. The number of thioether (sulfide) groups is 1. The second kappa shape index (κ2) is 9.82. The molecule has 0 bridgehead atoms. The maximum atomic E-state index is 10.5. The average molecular weight is 288 g/mol. The highest BCUT2D eigenvalue weighted by Crippen LogP contribution is 2.15. The number of carboxylic acids is 1. The van der Waals surface area contributed by atoms with Gasteiger partial charge in [-0.05, 0) is 12.8 Å². The second-order valence-corrected chi connectivity index (χ2v) is 4.84. The normalized spacial score (nSPS) is 10.8. The van der Waals surface area contributed by atoms with Gasteiger partial charge in [0.25, 0.3) is 0 Å². The Hall–Kier alpha value is -1.05. The molecule has 1 N–H and O–H groups in total. The Morgan fingerprint density at radius 3 is 3.00 bits per heavy atom. The van der Waals surface area contributed by atoms with Gasteiger partial charge in [-0.25, -0.2) is 4.98 Å². The molecule has 0 spiro atoms. The molecule has 1 rings (SSSR count). The van der Waals surface area contributed by atoms with Crippen molar-refractivity contribution in [2.45, 2.75) is 24.5 Å². The summed E-state index contributed by atoms with van der Waals surface area (Å²) in [7, 11) is 1.65. The van der Waals surface area contributed by atoms with E-state index in [4.69, 9.17) is 14.6 Å². The lowest BCUT2D eigenvalue weighted by atomic mass is 10.3. The number of carboxylic acid groups (broad SMARTS) is 1. The summed E-state index contributed by atoms with van der Waals surface area (Å²) in [5.74, 6) is -0.789. The molecule has 0 atom stereocenters. The van der Waals surface area contributed by atoms with Crippen molar-refractivity contribution in [1.82, 2.24) is 9.55 Å². The van der Waals surface area contributed by atoms with Crippen LogP contribution in [0.1, 0.15) is 12.8 Å². The largest absolute Gasteiger partial charge is 0.481 e.